The molecule has 18 heavy (non-hydrogen) atoms. The van der Waals surface area contributed by atoms with E-state index in [1.807, 2.05) is 17.2 Å². The Morgan fingerprint density at radius 3 is 2.72 bits per heavy atom. The van der Waals surface area contributed by atoms with Crippen molar-refractivity contribution in [3.8, 4) is 0 Å². The predicted octanol–water partition coefficient (Wildman–Crippen LogP) is 2.06. The summed E-state index contributed by atoms with van der Waals surface area (Å²) >= 11 is 1.65. The Balaban J connectivity index is 2.31. The highest BCUT2D eigenvalue weighted by Crippen LogP contribution is 2.34. The highest BCUT2D eigenvalue weighted by Gasteiger charge is 2.39. The van der Waals surface area contributed by atoms with Gasteiger partial charge in [-0.15, -0.1) is 11.3 Å². The van der Waals surface area contributed by atoms with Crippen LogP contribution >= 0.6 is 11.3 Å². The molecule has 5 heteroatoms. The Bertz CT molecular complexity index is 449. The number of hydrogen-bond donors (Lipinski definition) is 1. The molecule has 0 aromatic carbocycles. The van der Waals surface area contributed by atoms with Crippen molar-refractivity contribution in [1.29, 1.82) is 0 Å². The van der Waals surface area contributed by atoms with Gasteiger partial charge in [0.1, 0.15) is 0 Å². The number of amides is 1. The van der Waals surface area contributed by atoms with E-state index in [9.17, 15) is 4.79 Å². The van der Waals surface area contributed by atoms with E-state index in [-0.39, 0.29) is 23.4 Å². The molecule has 2 rings (SSSR count). The van der Waals surface area contributed by atoms with Gasteiger partial charge >= 0.3 is 0 Å². The average Bonchev–Trinajstić information content (AvgIpc) is 2.81. The molecule has 2 N–H and O–H groups in total. The molecule has 100 valence electrons. The number of nitrogens with zero attached hydrogens (tertiary/aromatic N) is 2. The first-order chi connectivity index (χ1) is 8.34. The minimum absolute atomic E-state index is 0.0464. The van der Waals surface area contributed by atoms with Crippen molar-refractivity contribution in [2.45, 2.75) is 51.6 Å². The standard InChI is InChI=1S/C13H21N3OS/c1-5-16-10(17)6-8(14)11(16)9-7-18-12(15-9)13(2,3)4/h7-8,11H,5-6,14H2,1-4H3. The summed E-state index contributed by atoms with van der Waals surface area (Å²) in [6.07, 6.45) is 0.431. The zero-order valence-corrected chi connectivity index (χ0v) is 12.3. The van der Waals surface area contributed by atoms with Crippen molar-refractivity contribution in [2.75, 3.05) is 6.54 Å². The van der Waals surface area contributed by atoms with Gasteiger partial charge in [-0.25, -0.2) is 4.98 Å². The zero-order chi connectivity index (χ0) is 13.5. The maximum atomic E-state index is 11.8. The number of likely N-dealkylation sites (N-methyl/N-ethyl adjacent to an activating group) is 1. The lowest BCUT2D eigenvalue weighted by molar-refractivity contribution is -0.128. The van der Waals surface area contributed by atoms with E-state index < -0.39 is 0 Å². The van der Waals surface area contributed by atoms with Crippen LogP contribution in [-0.2, 0) is 10.2 Å². The third-order valence-electron chi connectivity index (χ3n) is 3.28. The van der Waals surface area contributed by atoms with Crippen LogP contribution in [0.4, 0.5) is 0 Å². The minimum Gasteiger partial charge on any atom is -0.333 e. The molecule has 2 atom stereocenters. The quantitative estimate of drug-likeness (QED) is 0.892. The van der Waals surface area contributed by atoms with Crippen LogP contribution in [-0.4, -0.2) is 28.4 Å². The number of likely N-dealkylation sites (tertiary alicyclic amines) is 1. The van der Waals surface area contributed by atoms with Gasteiger partial charge in [0, 0.05) is 29.8 Å². The van der Waals surface area contributed by atoms with Crippen LogP contribution in [0.3, 0.4) is 0 Å². The Labute approximate surface area is 112 Å². The Morgan fingerprint density at radius 1 is 1.56 bits per heavy atom. The second-order valence-corrected chi connectivity index (χ2v) is 6.68. The van der Waals surface area contributed by atoms with E-state index in [4.69, 9.17) is 10.7 Å². The van der Waals surface area contributed by atoms with Crippen LogP contribution in [0, 0.1) is 0 Å². The van der Waals surface area contributed by atoms with Crippen LogP contribution in [0.15, 0.2) is 5.38 Å². The lowest BCUT2D eigenvalue weighted by Gasteiger charge is -2.24. The first-order valence-electron chi connectivity index (χ1n) is 6.35. The number of aromatic nitrogens is 1. The number of nitrogens with two attached hydrogens (primary N) is 1. The van der Waals surface area contributed by atoms with Gasteiger partial charge in [0.25, 0.3) is 0 Å². The highest BCUT2D eigenvalue weighted by atomic mass is 32.1. The van der Waals surface area contributed by atoms with E-state index >= 15 is 0 Å². The smallest absolute Gasteiger partial charge is 0.224 e. The summed E-state index contributed by atoms with van der Waals surface area (Å²) < 4.78 is 0. The van der Waals surface area contributed by atoms with Gasteiger partial charge in [-0.3, -0.25) is 4.79 Å². The molecule has 4 nitrogen and oxygen atoms in total. The molecule has 0 aliphatic carbocycles. The van der Waals surface area contributed by atoms with E-state index in [1.54, 1.807) is 11.3 Å². The van der Waals surface area contributed by atoms with Gasteiger partial charge < -0.3 is 10.6 Å². The fraction of sp³-hybridized carbons (Fsp3) is 0.692. The first-order valence-corrected chi connectivity index (χ1v) is 7.23. The molecule has 1 fully saturated rings. The molecule has 0 spiro atoms. The summed E-state index contributed by atoms with van der Waals surface area (Å²) in [6.45, 7) is 9.12. The van der Waals surface area contributed by atoms with E-state index in [2.05, 4.69) is 20.8 Å². The van der Waals surface area contributed by atoms with Crippen LogP contribution in [0.2, 0.25) is 0 Å². The van der Waals surface area contributed by atoms with E-state index in [1.165, 1.54) is 0 Å². The number of thiazole rings is 1. The monoisotopic (exact) mass is 267 g/mol. The lowest BCUT2D eigenvalue weighted by Crippen LogP contribution is -2.33. The summed E-state index contributed by atoms with van der Waals surface area (Å²) in [6, 6.07) is -0.179. The summed E-state index contributed by atoms with van der Waals surface area (Å²) in [5.74, 6) is 0.139. The molecule has 1 aliphatic rings. The Morgan fingerprint density at radius 2 is 2.22 bits per heavy atom. The third kappa shape index (κ3) is 2.29. The molecule has 1 aromatic heterocycles. The molecule has 2 unspecified atom stereocenters. The highest BCUT2D eigenvalue weighted by molar-refractivity contribution is 7.09. The molecule has 2 heterocycles. The van der Waals surface area contributed by atoms with Gasteiger partial charge in [0.2, 0.25) is 5.91 Å². The van der Waals surface area contributed by atoms with Gasteiger partial charge in [0.05, 0.1) is 16.7 Å². The van der Waals surface area contributed by atoms with E-state index in [0.29, 0.717) is 13.0 Å². The number of carbonyl (C=O) groups is 1. The molecule has 1 amide bonds. The molecular formula is C13H21N3OS. The van der Waals surface area contributed by atoms with Gasteiger partial charge in [-0.2, -0.15) is 0 Å². The van der Waals surface area contributed by atoms with Crippen molar-refractivity contribution < 1.29 is 4.79 Å². The van der Waals surface area contributed by atoms with Crippen LogP contribution in [0.1, 0.15) is 50.9 Å². The van der Waals surface area contributed by atoms with Crippen LogP contribution < -0.4 is 5.73 Å². The minimum atomic E-state index is -0.132. The predicted molar refractivity (Wildman–Crippen MR) is 73.5 cm³/mol. The molecule has 1 saturated heterocycles. The van der Waals surface area contributed by atoms with Crippen molar-refractivity contribution in [3.05, 3.63) is 16.1 Å². The van der Waals surface area contributed by atoms with Gasteiger partial charge in [-0.1, -0.05) is 20.8 Å². The summed E-state index contributed by atoms with van der Waals surface area (Å²) in [4.78, 5) is 18.4. The van der Waals surface area contributed by atoms with Crippen LogP contribution in [0.25, 0.3) is 0 Å². The van der Waals surface area contributed by atoms with Crippen LogP contribution in [0.5, 0.6) is 0 Å². The second-order valence-electron chi connectivity index (χ2n) is 5.82. The van der Waals surface area contributed by atoms with Crippen molar-refractivity contribution in [2.24, 2.45) is 5.73 Å². The van der Waals surface area contributed by atoms with Gasteiger partial charge in [0.15, 0.2) is 0 Å². The SMILES string of the molecule is CCN1C(=O)CC(N)C1c1csc(C(C)(C)C)n1. The molecule has 1 aromatic rings. The Hall–Kier alpha value is -0.940. The second kappa shape index (κ2) is 4.63. The zero-order valence-electron chi connectivity index (χ0n) is 11.4. The molecule has 1 aliphatic heterocycles. The molecule has 0 radical (unpaired) electrons. The number of hydrogen-bond acceptors (Lipinski definition) is 4. The number of carbonyl (C=O) groups excluding carboxylic acids is 1. The van der Waals surface area contributed by atoms with E-state index in [0.717, 1.165) is 10.7 Å². The fourth-order valence-electron chi connectivity index (χ4n) is 2.34. The maximum Gasteiger partial charge on any atom is 0.224 e. The average molecular weight is 267 g/mol. The molecular weight excluding hydrogens is 246 g/mol. The summed E-state index contributed by atoms with van der Waals surface area (Å²) in [5, 5.41) is 3.15. The van der Waals surface area contributed by atoms with Crippen molar-refractivity contribution >= 4 is 17.2 Å². The Kier molecular flexibility index (Phi) is 3.47. The summed E-state index contributed by atoms with van der Waals surface area (Å²) in [7, 11) is 0. The summed E-state index contributed by atoms with van der Waals surface area (Å²) in [5.41, 5.74) is 7.09. The molecule has 0 saturated carbocycles. The van der Waals surface area contributed by atoms with Crippen molar-refractivity contribution in [3.63, 3.8) is 0 Å². The molecule has 0 bridgehead atoms. The largest absolute Gasteiger partial charge is 0.333 e. The number of rotatable bonds is 2. The topological polar surface area (TPSA) is 59.2 Å². The third-order valence-corrected chi connectivity index (χ3v) is 4.57. The fourth-order valence-corrected chi connectivity index (χ4v) is 3.27. The lowest BCUT2D eigenvalue weighted by atomic mass is 9.98. The maximum absolute atomic E-state index is 11.8. The normalized spacial score (nSPS) is 24.9. The van der Waals surface area contributed by atoms with Gasteiger partial charge in [-0.05, 0) is 6.92 Å². The van der Waals surface area contributed by atoms with Crippen molar-refractivity contribution in [1.82, 2.24) is 9.88 Å². The first kappa shape index (κ1) is 13.5.